The second kappa shape index (κ2) is 8.50. The van der Waals surface area contributed by atoms with Crippen molar-refractivity contribution in [3.63, 3.8) is 0 Å². The highest BCUT2D eigenvalue weighted by Crippen LogP contribution is 2.32. The molecule has 0 atom stereocenters. The molecule has 8 nitrogen and oxygen atoms in total. The summed E-state index contributed by atoms with van der Waals surface area (Å²) in [5.74, 6) is 0.887. The Morgan fingerprint density at radius 3 is 2.48 bits per heavy atom. The van der Waals surface area contributed by atoms with Gasteiger partial charge in [0.05, 0.1) is 17.8 Å². The summed E-state index contributed by atoms with van der Waals surface area (Å²) in [6.07, 6.45) is 0. The first-order chi connectivity index (χ1) is 14.1. The summed E-state index contributed by atoms with van der Waals surface area (Å²) >= 11 is 0. The number of piperazine rings is 1. The van der Waals surface area contributed by atoms with Crippen LogP contribution in [0.4, 0.5) is 5.69 Å². The van der Waals surface area contributed by atoms with E-state index in [1.165, 1.54) is 5.56 Å². The SMILES string of the molecule is NC(=O)c1ccccc1NC(=O)CN1CCN(Cc2ccc3c(c2)OCO3)CC1. The van der Waals surface area contributed by atoms with Gasteiger partial charge in [-0.05, 0) is 29.8 Å². The van der Waals surface area contributed by atoms with Crippen molar-refractivity contribution in [1.82, 2.24) is 9.80 Å². The number of nitrogens with two attached hydrogens (primary N) is 1. The van der Waals surface area contributed by atoms with Gasteiger partial charge in [-0.2, -0.15) is 0 Å². The van der Waals surface area contributed by atoms with Crippen LogP contribution in [0.15, 0.2) is 42.5 Å². The van der Waals surface area contributed by atoms with E-state index in [2.05, 4.69) is 21.2 Å². The summed E-state index contributed by atoms with van der Waals surface area (Å²) in [6, 6.07) is 12.8. The average Bonchev–Trinajstić information content (AvgIpc) is 3.17. The van der Waals surface area contributed by atoms with E-state index in [9.17, 15) is 9.59 Å². The number of nitrogens with one attached hydrogen (secondary N) is 1. The zero-order chi connectivity index (χ0) is 20.2. The lowest BCUT2D eigenvalue weighted by atomic mass is 10.1. The number of anilines is 1. The summed E-state index contributed by atoms with van der Waals surface area (Å²) in [7, 11) is 0. The second-order valence-corrected chi connectivity index (χ2v) is 7.20. The van der Waals surface area contributed by atoms with Crippen LogP contribution in [-0.4, -0.2) is 61.1 Å². The highest BCUT2D eigenvalue weighted by atomic mass is 16.7. The van der Waals surface area contributed by atoms with Crippen molar-refractivity contribution < 1.29 is 19.1 Å². The van der Waals surface area contributed by atoms with Crippen LogP contribution in [0.1, 0.15) is 15.9 Å². The standard InChI is InChI=1S/C21H24N4O4/c22-21(27)16-3-1-2-4-17(16)23-20(26)13-25-9-7-24(8-10-25)12-15-5-6-18-19(11-15)29-14-28-18/h1-6,11H,7-10,12-14H2,(H2,22,27)(H,23,26). The molecule has 0 bridgehead atoms. The molecule has 0 aliphatic carbocycles. The molecule has 29 heavy (non-hydrogen) atoms. The number of amides is 2. The van der Waals surface area contributed by atoms with Crippen LogP contribution in [0.2, 0.25) is 0 Å². The van der Waals surface area contributed by atoms with E-state index in [1.54, 1.807) is 24.3 Å². The fourth-order valence-corrected chi connectivity index (χ4v) is 3.60. The molecule has 2 aromatic carbocycles. The quantitative estimate of drug-likeness (QED) is 0.763. The molecular weight excluding hydrogens is 372 g/mol. The van der Waals surface area contributed by atoms with Crippen LogP contribution < -0.4 is 20.5 Å². The van der Waals surface area contributed by atoms with Gasteiger partial charge in [-0.1, -0.05) is 18.2 Å². The van der Waals surface area contributed by atoms with E-state index in [0.29, 0.717) is 11.3 Å². The molecule has 2 aliphatic heterocycles. The summed E-state index contributed by atoms with van der Waals surface area (Å²) in [6.45, 7) is 4.75. The maximum Gasteiger partial charge on any atom is 0.250 e. The van der Waals surface area contributed by atoms with Crippen molar-refractivity contribution in [3.05, 3.63) is 53.6 Å². The zero-order valence-electron chi connectivity index (χ0n) is 16.1. The van der Waals surface area contributed by atoms with Gasteiger partial charge in [0.25, 0.3) is 5.91 Å². The summed E-state index contributed by atoms with van der Waals surface area (Å²) in [4.78, 5) is 28.3. The first-order valence-corrected chi connectivity index (χ1v) is 9.60. The number of primary amides is 1. The van der Waals surface area contributed by atoms with E-state index in [1.807, 2.05) is 12.1 Å². The van der Waals surface area contributed by atoms with Gasteiger partial charge in [0.1, 0.15) is 0 Å². The zero-order valence-corrected chi connectivity index (χ0v) is 16.1. The van der Waals surface area contributed by atoms with Crippen molar-refractivity contribution in [2.75, 3.05) is 44.8 Å². The molecule has 4 rings (SSSR count). The molecular formula is C21H24N4O4. The highest BCUT2D eigenvalue weighted by molar-refractivity contribution is 6.03. The monoisotopic (exact) mass is 396 g/mol. The van der Waals surface area contributed by atoms with Gasteiger partial charge >= 0.3 is 0 Å². The van der Waals surface area contributed by atoms with Crippen LogP contribution in [0.5, 0.6) is 11.5 Å². The number of fused-ring (bicyclic) bond motifs is 1. The molecule has 1 saturated heterocycles. The number of nitrogens with zero attached hydrogens (tertiary/aromatic N) is 2. The molecule has 152 valence electrons. The Morgan fingerprint density at radius 2 is 1.69 bits per heavy atom. The van der Waals surface area contributed by atoms with Crippen molar-refractivity contribution in [2.24, 2.45) is 5.73 Å². The van der Waals surface area contributed by atoms with Crippen molar-refractivity contribution in [2.45, 2.75) is 6.54 Å². The van der Waals surface area contributed by atoms with E-state index < -0.39 is 5.91 Å². The Kier molecular flexibility index (Phi) is 5.64. The number of carbonyl (C=O) groups excluding carboxylic acids is 2. The van der Waals surface area contributed by atoms with Crippen molar-refractivity contribution in [1.29, 1.82) is 0 Å². The number of para-hydroxylation sites is 1. The third kappa shape index (κ3) is 4.67. The molecule has 2 heterocycles. The fraction of sp³-hybridized carbons (Fsp3) is 0.333. The van der Waals surface area contributed by atoms with Crippen LogP contribution in [-0.2, 0) is 11.3 Å². The average molecular weight is 396 g/mol. The molecule has 1 fully saturated rings. The van der Waals surface area contributed by atoms with Gasteiger partial charge in [-0.25, -0.2) is 0 Å². The molecule has 0 aromatic heterocycles. The fourth-order valence-electron chi connectivity index (χ4n) is 3.60. The van der Waals surface area contributed by atoms with E-state index in [0.717, 1.165) is 44.2 Å². The number of hydrogen-bond acceptors (Lipinski definition) is 6. The number of benzene rings is 2. The highest BCUT2D eigenvalue weighted by Gasteiger charge is 2.21. The Morgan fingerprint density at radius 1 is 0.966 bits per heavy atom. The maximum absolute atomic E-state index is 12.4. The molecule has 2 aliphatic rings. The molecule has 3 N–H and O–H groups in total. The first kappa shape index (κ1) is 19.2. The maximum atomic E-state index is 12.4. The Labute approximate surface area is 169 Å². The summed E-state index contributed by atoms with van der Waals surface area (Å²) < 4.78 is 10.8. The normalized spacial score (nSPS) is 16.6. The Hall–Kier alpha value is -3.10. The lowest BCUT2D eigenvalue weighted by Crippen LogP contribution is -2.48. The molecule has 8 heteroatoms. The van der Waals surface area contributed by atoms with Crippen molar-refractivity contribution >= 4 is 17.5 Å². The predicted octanol–water partition coefficient (Wildman–Crippen LogP) is 1.27. The molecule has 0 spiro atoms. The Balaban J connectivity index is 1.26. The minimum absolute atomic E-state index is 0.150. The molecule has 2 amide bonds. The predicted molar refractivity (Wildman–Crippen MR) is 108 cm³/mol. The number of carbonyl (C=O) groups is 2. The lowest BCUT2D eigenvalue weighted by Gasteiger charge is -2.34. The third-order valence-electron chi connectivity index (χ3n) is 5.14. The molecule has 0 saturated carbocycles. The minimum Gasteiger partial charge on any atom is -0.454 e. The number of hydrogen-bond donors (Lipinski definition) is 2. The van der Waals surface area contributed by atoms with Crippen LogP contribution >= 0.6 is 0 Å². The first-order valence-electron chi connectivity index (χ1n) is 9.60. The van der Waals surface area contributed by atoms with E-state index in [-0.39, 0.29) is 19.2 Å². The van der Waals surface area contributed by atoms with E-state index in [4.69, 9.17) is 15.2 Å². The van der Waals surface area contributed by atoms with Crippen LogP contribution in [0.25, 0.3) is 0 Å². The van der Waals surface area contributed by atoms with Gasteiger partial charge in [-0.15, -0.1) is 0 Å². The smallest absolute Gasteiger partial charge is 0.250 e. The summed E-state index contributed by atoms with van der Waals surface area (Å²) in [5.41, 5.74) is 7.31. The molecule has 0 radical (unpaired) electrons. The van der Waals surface area contributed by atoms with Gasteiger partial charge in [0.2, 0.25) is 12.7 Å². The number of ether oxygens (including phenoxy) is 2. The molecule has 2 aromatic rings. The van der Waals surface area contributed by atoms with Gasteiger partial charge in [0, 0.05) is 32.7 Å². The van der Waals surface area contributed by atoms with Crippen LogP contribution in [0.3, 0.4) is 0 Å². The second-order valence-electron chi connectivity index (χ2n) is 7.20. The largest absolute Gasteiger partial charge is 0.454 e. The van der Waals surface area contributed by atoms with Crippen molar-refractivity contribution in [3.8, 4) is 11.5 Å². The minimum atomic E-state index is -0.557. The van der Waals surface area contributed by atoms with Crippen LogP contribution in [0, 0.1) is 0 Å². The summed E-state index contributed by atoms with van der Waals surface area (Å²) in [5, 5.41) is 2.79. The van der Waals surface area contributed by atoms with Gasteiger partial charge < -0.3 is 20.5 Å². The number of rotatable bonds is 6. The Bertz CT molecular complexity index is 909. The lowest BCUT2D eigenvalue weighted by molar-refractivity contribution is -0.117. The third-order valence-corrected chi connectivity index (χ3v) is 5.14. The van der Waals surface area contributed by atoms with Gasteiger partial charge in [0.15, 0.2) is 11.5 Å². The molecule has 0 unspecified atom stereocenters. The van der Waals surface area contributed by atoms with Gasteiger partial charge in [-0.3, -0.25) is 19.4 Å². The van der Waals surface area contributed by atoms with E-state index >= 15 is 0 Å². The topological polar surface area (TPSA) is 97.1 Å².